The van der Waals surface area contributed by atoms with Gasteiger partial charge in [-0.1, -0.05) is 40.7 Å². The van der Waals surface area contributed by atoms with Crippen LogP contribution >= 0.6 is 11.3 Å². The summed E-state index contributed by atoms with van der Waals surface area (Å²) in [4.78, 5) is 42.3. The molecule has 0 saturated carbocycles. The van der Waals surface area contributed by atoms with Crippen LogP contribution in [0.1, 0.15) is 53.2 Å². The third-order valence-corrected chi connectivity index (χ3v) is 5.61. The van der Waals surface area contributed by atoms with E-state index in [0.717, 1.165) is 12.8 Å². The van der Waals surface area contributed by atoms with Gasteiger partial charge in [0.2, 0.25) is 5.91 Å². The van der Waals surface area contributed by atoms with Crippen molar-refractivity contribution in [3.05, 3.63) is 49.6 Å². The number of aromatic nitrogens is 2. The fraction of sp³-hybridized carbons (Fsp3) is 0.455. The lowest BCUT2D eigenvalue weighted by molar-refractivity contribution is -0.122. The molecule has 156 valence electrons. The molecule has 29 heavy (non-hydrogen) atoms. The monoisotopic (exact) mass is 415 g/mol. The Labute approximate surface area is 175 Å². The maximum atomic E-state index is 13.0. The summed E-state index contributed by atoms with van der Waals surface area (Å²) in [5.74, 6) is -0.335. The van der Waals surface area contributed by atoms with Crippen LogP contribution in [0, 0.1) is 5.41 Å². The van der Waals surface area contributed by atoms with E-state index in [4.69, 9.17) is 0 Å². The highest BCUT2D eigenvalue weighted by molar-refractivity contribution is 7.07. The van der Waals surface area contributed by atoms with E-state index in [1.807, 2.05) is 40.7 Å². The van der Waals surface area contributed by atoms with Gasteiger partial charge in [-0.25, -0.2) is 0 Å². The number of thiazole rings is 1. The summed E-state index contributed by atoms with van der Waals surface area (Å²) in [6, 6.07) is 5.50. The molecule has 0 atom stereocenters. The van der Waals surface area contributed by atoms with Crippen molar-refractivity contribution < 1.29 is 9.59 Å². The van der Waals surface area contributed by atoms with Crippen molar-refractivity contribution in [2.24, 2.45) is 5.41 Å². The highest BCUT2D eigenvalue weighted by Gasteiger charge is 2.20. The van der Waals surface area contributed by atoms with Gasteiger partial charge >= 0.3 is 0 Å². The second-order valence-corrected chi connectivity index (χ2v) is 9.00. The van der Waals surface area contributed by atoms with Crippen molar-refractivity contribution >= 4 is 35.2 Å². The van der Waals surface area contributed by atoms with Crippen molar-refractivity contribution in [3.8, 4) is 0 Å². The average molecular weight is 416 g/mol. The Morgan fingerprint density at radius 1 is 1.24 bits per heavy atom. The van der Waals surface area contributed by atoms with Gasteiger partial charge in [0.1, 0.15) is 11.2 Å². The molecule has 2 aromatic heterocycles. The van der Waals surface area contributed by atoms with Crippen LogP contribution in [0.2, 0.25) is 0 Å². The first-order chi connectivity index (χ1) is 13.7. The molecule has 0 aliphatic carbocycles. The normalized spacial score (nSPS) is 13.2. The minimum Gasteiger partial charge on any atom is -0.352 e. The van der Waals surface area contributed by atoms with Gasteiger partial charge < -0.3 is 5.32 Å². The second kappa shape index (κ2) is 9.78. The van der Waals surface area contributed by atoms with E-state index in [2.05, 4.69) is 10.3 Å². The molecule has 1 amide bonds. The van der Waals surface area contributed by atoms with Crippen LogP contribution < -0.4 is 20.1 Å². The zero-order chi connectivity index (χ0) is 21.6. The van der Waals surface area contributed by atoms with Gasteiger partial charge in [-0.05, 0) is 31.1 Å². The number of hydrogen-bond acceptors (Lipinski definition) is 5. The highest BCUT2D eigenvalue weighted by Crippen LogP contribution is 2.14. The summed E-state index contributed by atoms with van der Waals surface area (Å²) in [5.41, 5.74) is -0.227. The Bertz CT molecular complexity index is 1030. The maximum Gasteiger partial charge on any atom is 0.269 e. The van der Waals surface area contributed by atoms with E-state index in [9.17, 15) is 14.4 Å². The van der Waals surface area contributed by atoms with E-state index < -0.39 is 5.41 Å². The summed E-state index contributed by atoms with van der Waals surface area (Å²) >= 11 is 1.20. The quantitative estimate of drug-likeness (QED) is 0.748. The van der Waals surface area contributed by atoms with Crippen molar-refractivity contribution in [3.63, 3.8) is 0 Å². The molecule has 2 aromatic rings. The van der Waals surface area contributed by atoms with E-state index in [1.54, 1.807) is 24.4 Å². The number of nitrogens with one attached hydrogen (secondary N) is 1. The summed E-state index contributed by atoms with van der Waals surface area (Å²) in [6.07, 6.45) is 6.44. The Balaban J connectivity index is 2.54. The van der Waals surface area contributed by atoms with Crippen LogP contribution in [0.3, 0.4) is 0 Å². The van der Waals surface area contributed by atoms with Crippen LogP contribution in [-0.4, -0.2) is 27.3 Å². The molecule has 0 aliphatic rings. The van der Waals surface area contributed by atoms with Gasteiger partial charge in [0.05, 0.1) is 10.2 Å². The Kier molecular flexibility index (Phi) is 7.67. The Hall–Kier alpha value is -2.54. The molecule has 1 N–H and O–H groups in total. The molecule has 0 spiro atoms. The zero-order valence-electron chi connectivity index (χ0n) is 17.7. The number of carbonyl (C=O) groups excluding carboxylic acids is 2. The van der Waals surface area contributed by atoms with Crippen molar-refractivity contribution in [1.29, 1.82) is 0 Å². The molecular formula is C22H29N3O3S. The third-order valence-electron chi connectivity index (χ3n) is 4.55. The lowest BCUT2D eigenvalue weighted by Crippen LogP contribution is -2.41. The van der Waals surface area contributed by atoms with Gasteiger partial charge in [-0.3, -0.25) is 23.9 Å². The SMILES string of the molecule is CCC(CC)NC(=O)Cn1c(=O)/c(=C/c2ccccn2)s/c1=C/C(=O)C(C)(C)C. The summed E-state index contributed by atoms with van der Waals surface area (Å²) in [6.45, 7) is 9.36. The lowest BCUT2D eigenvalue weighted by Gasteiger charge is -2.15. The molecule has 0 saturated heterocycles. The maximum absolute atomic E-state index is 13.0. The topological polar surface area (TPSA) is 81.1 Å². The predicted octanol–water partition coefficient (Wildman–Crippen LogP) is 1.83. The van der Waals surface area contributed by atoms with E-state index >= 15 is 0 Å². The average Bonchev–Trinajstić information content (AvgIpc) is 2.95. The molecule has 0 aliphatic heterocycles. The number of pyridine rings is 1. The number of nitrogens with zero attached hydrogens (tertiary/aromatic N) is 2. The first-order valence-corrected chi connectivity index (χ1v) is 10.6. The highest BCUT2D eigenvalue weighted by atomic mass is 32.1. The zero-order valence-corrected chi connectivity index (χ0v) is 18.5. The molecule has 0 unspecified atom stereocenters. The van der Waals surface area contributed by atoms with Crippen LogP contribution in [0.5, 0.6) is 0 Å². The predicted molar refractivity (Wildman–Crippen MR) is 117 cm³/mol. The molecule has 2 heterocycles. The van der Waals surface area contributed by atoms with E-state index in [0.29, 0.717) is 14.9 Å². The fourth-order valence-corrected chi connectivity index (χ4v) is 3.65. The molecule has 7 heteroatoms. The Morgan fingerprint density at radius 2 is 1.93 bits per heavy atom. The van der Waals surface area contributed by atoms with E-state index in [-0.39, 0.29) is 29.8 Å². The minimum absolute atomic E-state index is 0.0695. The third kappa shape index (κ3) is 6.22. The molecule has 6 nitrogen and oxygen atoms in total. The minimum atomic E-state index is -0.576. The fourth-order valence-electron chi connectivity index (χ4n) is 2.63. The first kappa shape index (κ1) is 22.7. The first-order valence-electron chi connectivity index (χ1n) is 9.83. The second-order valence-electron chi connectivity index (χ2n) is 7.93. The van der Waals surface area contributed by atoms with Gasteiger partial charge in [0, 0.05) is 23.7 Å². The van der Waals surface area contributed by atoms with Gasteiger partial charge in [-0.15, -0.1) is 11.3 Å². The number of carbonyl (C=O) groups is 2. The summed E-state index contributed by atoms with van der Waals surface area (Å²) < 4.78 is 2.28. The van der Waals surface area contributed by atoms with Gasteiger partial charge in [0.15, 0.2) is 5.78 Å². The largest absolute Gasteiger partial charge is 0.352 e. The van der Waals surface area contributed by atoms with Crippen LogP contribution in [-0.2, 0) is 16.1 Å². The van der Waals surface area contributed by atoms with Gasteiger partial charge in [0.25, 0.3) is 5.56 Å². The van der Waals surface area contributed by atoms with Crippen LogP contribution in [0.4, 0.5) is 0 Å². The number of hydrogen-bond donors (Lipinski definition) is 1. The molecular weight excluding hydrogens is 386 g/mol. The van der Waals surface area contributed by atoms with Crippen molar-refractivity contribution in [2.45, 2.75) is 60.0 Å². The summed E-state index contributed by atoms with van der Waals surface area (Å²) in [7, 11) is 0. The molecule has 0 bridgehead atoms. The van der Waals surface area contributed by atoms with Crippen LogP contribution in [0.25, 0.3) is 12.2 Å². The standard InChI is InChI=1S/C22H29N3O3S/c1-6-15(7-2)24-19(27)14-25-20(13-18(26)22(3,4)5)29-17(21(25)28)12-16-10-8-9-11-23-16/h8-13,15H,6-7,14H2,1-5H3,(H,24,27)/b17-12-,20-13+. The van der Waals surface area contributed by atoms with Crippen molar-refractivity contribution in [2.75, 3.05) is 0 Å². The number of amides is 1. The Morgan fingerprint density at radius 3 is 2.48 bits per heavy atom. The smallest absolute Gasteiger partial charge is 0.269 e. The summed E-state index contributed by atoms with van der Waals surface area (Å²) in [5, 5.41) is 2.95. The van der Waals surface area contributed by atoms with Gasteiger partial charge in [-0.2, -0.15) is 0 Å². The lowest BCUT2D eigenvalue weighted by atomic mass is 9.91. The van der Waals surface area contributed by atoms with Crippen LogP contribution in [0.15, 0.2) is 29.2 Å². The molecule has 2 rings (SSSR count). The molecule has 0 fully saturated rings. The molecule has 0 aromatic carbocycles. The number of Topliss-reactive ketones (excluding diaryl/α,β-unsaturated/α-hetero) is 1. The number of ketones is 1. The number of rotatable bonds is 7. The molecule has 0 radical (unpaired) electrons. The van der Waals surface area contributed by atoms with E-state index in [1.165, 1.54) is 22.0 Å². The van der Waals surface area contributed by atoms with Crippen molar-refractivity contribution in [1.82, 2.24) is 14.9 Å².